The Balaban J connectivity index is 1.27. The summed E-state index contributed by atoms with van der Waals surface area (Å²) in [6.45, 7) is 0.627. The Labute approximate surface area is 179 Å². The van der Waals surface area contributed by atoms with E-state index in [1.165, 1.54) is 23.3 Å². The fourth-order valence-electron chi connectivity index (χ4n) is 4.07. The van der Waals surface area contributed by atoms with E-state index >= 15 is 0 Å². The molecule has 150 valence electrons. The molecule has 5 rings (SSSR count). The molecule has 0 unspecified atom stereocenters. The zero-order valence-corrected chi connectivity index (χ0v) is 17.3. The molecule has 0 saturated heterocycles. The fourth-order valence-corrected chi connectivity index (χ4v) is 4.84. The Morgan fingerprint density at radius 1 is 1.03 bits per heavy atom. The summed E-state index contributed by atoms with van der Waals surface area (Å²) < 4.78 is 1.94. The Morgan fingerprint density at radius 3 is 2.60 bits per heavy atom. The zero-order valence-electron chi connectivity index (χ0n) is 16.4. The smallest absolute Gasteiger partial charge is 0.274 e. The maximum Gasteiger partial charge on any atom is 0.274 e. The van der Waals surface area contributed by atoms with Crippen molar-refractivity contribution in [2.75, 3.05) is 5.32 Å². The molecule has 1 aromatic carbocycles. The number of rotatable bonds is 6. The average molecular weight is 415 g/mol. The fraction of sp³-hybridized carbons (Fsp3) is 0.208. The molecular weight excluding hydrogens is 392 g/mol. The van der Waals surface area contributed by atoms with Gasteiger partial charge in [-0.15, -0.1) is 11.3 Å². The van der Waals surface area contributed by atoms with Crippen molar-refractivity contribution in [3.8, 4) is 0 Å². The van der Waals surface area contributed by atoms with Crippen LogP contribution in [-0.4, -0.2) is 20.4 Å². The molecule has 0 bridgehead atoms. The van der Waals surface area contributed by atoms with Crippen LogP contribution in [0.15, 0.2) is 78.6 Å². The number of aromatic nitrogens is 3. The van der Waals surface area contributed by atoms with E-state index < -0.39 is 0 Å². The molecule has 1 amide bonds. The minimum atomic E-state index is -0.136. The number of nitrogens with one attached hydrogen (secondary N) is 1. The van der Waals surface area contributed by atoms with Crippen LogP contribution in [0.1, 0.15) is 52.0 Å². The number of hydrogen-bond donors (Lipinski definition) is 1. The molecule has 3 aromatic heterocycles. The van der Waals surface area contributed by atoms with Gasteiger partial charge in [0, 0.05) is 36.4 Å². The molecule has 0 spiro atoms. The van der Waals surface area contributed by atoms with Crippen LogP contribution in [-0.2, 0) is 6.54 Å². The molecule has 2 atom stereocenters. The van der Waals surface area contributed by atoms with E-state index in [-0.39, 0.29) is 5.91 Å². The summed E-state index contributed by atoms with van der Waals surface area (Å²) in [6.07, 6.45) is 7.78. The SMILES string of the molecule is O=C(Nc1nc([C@H]2CC[C@H]2c2ccccc2)cs1)c1cccn1Cc1ccncc1. The number of hydrogen-bond acceptors (Lipinski definition) is 4. The van der Waals surface area contributed by atoms with Gasteiger partial charge in [0.05, 0.1) is 5.69 Å². The molecule has 6 heteroatoms. The normalized spacial score (nSPS) is 18.0. The van der Waals surface area contributed by atoms with Crippen molar-refractivity contribution in [1.82, 2.24) is 14.5 Å². The number of carbonyl (C=O) groups is 1. The second-order valence-corrected chi connectivity index (χ2v) is 8.47. The van der Waals surface area contributed by atoms with Crippen LogP contribution < -0.4 is 5.32 Å². The molecule has 30 heavy (non-hydrogen) atoms. The Bertz CT molecular complexity index is 1140. The van der Waals surface area contributed by atoms with E-state index in [1.54, 1.807) is 12.4 Å². The maximum atomic E-state index is 12.9. The number of carbonyl (C=O) groups excluding carboxylic acids is 1. The topological polar surface area (TPSA) is 59.8 Å². The van der Waals surface area contributed by atoms with Crippen molar-refractivity contribution in [2.45, 2.75) is 31.2 Å². The second-order valence-electron chi connectivity index (χ2n) is 7.61. The molecule has 1 saturated carbocycles. The van der Waals surface area contributed by atoms with Crippen molar-refractivity contribution in [2.24, 2.45) is 0 Å². The minimum absolute atomic E-state index is 0.136. The second kappa shape index (κ2) is 8.24. The van der Waals surface area contributed by atoms with Gasteiger partial charge in [0.1, 0.15) is 5.69 Å². The summed E-state index contributed by atoms with van der Waals surface area (Å²) in [5.74, 6) is 0.822. The first kappa shape index (κ1) is 18.8. The van der Waals surface area contributed by atoms with Gasteiger partial charge in [-0.1, -0.05) is 30.3 Å². The van der Waals surface area contributed by atoms with Crippen LogP contribution >= 0.6 is 11.3 Å². The lowest BCUT2D eigenvalue weighted by Crippen LogP contribution is -2.22. The number of thiazole rings is 1. The highest BCUT2D eigenvalue weighted by Crippen LogP contribution is 2.49. The van der Waals surface area contributed by atoms with Crippen LogP contribution in [0, 0.1) is 0 Å². The molecule has 5 nitrogen and oxygen atoms in total. The van der Waals surface area contributed by atoms with Gasteiger partial charge < -0.3 is 4.57 Å². The van der Waals surface area contributed by atoms with E-state index in [0.29, 0.717) is 29.2 Å². The molecule has 0 radical (unpaired) electrons. The minimum Gasteiger partial charge on any atom is -0.339 e. The van der Waals surface area contributed by atoms with Gasteiger partial charge in [-0.2, -0.15) is 0 Å². The summed E-state index contributed by atoms with van der Waals surface area (Å²) >= 11 is 1.50. The van der Waals surface area contributed by atoms with Gasteiger partial charge >= 0.3 is 0 Å². The number of amides is 1. The van der Waals surface area contributed by atoms with Crippen molar-refractivity contribution in [3.05, 3.63) is 101 Å². The highest BCUT2D eigenvalue weighted by atomic mass is 32.1. The predicted molar refractivity (Wildman–Crippen MR) is 119 cm³/mol. The van der Waals surface area contributed by atoms with Gasteiger partial charge in [0.25, 0.3) is 5.91 Å². The van der Waals surface area contributed by atoms with Gasteiger partial charge in [-0.3, -0.25) is 15.1 Å². The van der Waals surface area contributed by atoms with Crippen LogP contribution in [0.25, 0.3) is 0 Å². The van der Waals surface area contributed by atoms with Crippen molar-refractivity contribution >= 4 is 22.4 Å². The molecule has 4 aromatic rings. The van der Waals surface area contributed by atoms with E-state index in [4.69, 9.17) is 4.98 Å². The predicted octanol–water partition coefficient (Wildman–Crippen LogP) is 5.30. The van der Waals surface area contributed by atoms with Crippen molar-refractivity contribution in [1.29, 1.82) is 0 Å². The number of nitrogens with zero attached hydrogens (tertiary/aromatic N) is 3. The lowest BCUT2D eigenvalue weighted by atomic mass is 9.69. The average Bonchev–Trinajstić information content (AvgIpc) is 3.38. The highest BCUT2D eigenvalue weighted by molar-refractivity contribution is 7.14. The molecule has 0 aliphatic heterocycles. The number of benzene rings is 1. The number of pyridine rings is 1. The third-order valence-corrected chi connectivity index (χ3v) is 6.56. The summed E-state index contributed by atoms with van der Waals surface area (Å²) in [5.41, 5.74) is 4.18. The van der Waals surface area contributed by atoms with Crippen molar-refractivity contribution < 1.29 is 4.79 Å². The zero-order chi connectivity index (χ0) is 20.3. The van der Waals surface area contributed by atoms with Crippen molar-refractivity contribution in [3.63, 3.8) is 0 Å². The summed E-state index contributed by atoms with van der Waals surface area (Å²) in [5, 5.41) is 5.73. The molecular formula is C24H22N4OS. The van der Waals surface area contributed by atoms with Gasteiger partial charge in [0.15, 0.2) is 5.13 Å². The third-order valence-electron chi connectivity index (χ3n) is 5.79. The largest absolute Gasteiger partial charge is 0.339 e. The van der Waals surface area contributed by atoms with E-state index in [2.05, 4.69) is 46.0 Å². The van der Waals surface area contributed by atoms with Crippen LogP contribution in [0.2, 0.25) is 0 Å². The monoisotopic (exact) mass is 414 g/mol. The molecule has 1 aliphatic carbocycles. The number of anilines is 1. The van der Waals surface area contributed by atoms with Gasteiger partial charge in [0.2, 0.25) is 0 Å². The first-order chi connectivity index (χ1) is 14.8. The van der Waals surface area contributed by atoms with E-state index in [1.807, 2.05) is 35.0 Å². The van der Waals surface area contributed by atoms with Gasteiger partial charge in [-0.25, -0.2) is 4.98 Å². The highest BCUT2D eigenvalue weighted by Gasteiger charge is 2.34. The first-order valence-corrected chi connectivity index (χ1v) is 11.0. The lowest BCUT2D eigenvalue weighted by molar-refractivity contribution is 0.101. The van der Waals surface area contributed by atoms with Crippen LogP contribution in [0.5, 0.6) is 0 Å². The van der Waals surface area contributed by atoms with Gasteiger partial charge in [-0.05, 0) is 54.2 Å². The van der Waals surface area contributed by atoms with E-state index in [9.17, 15) is 4.79 Å². The quantitative estimate of drug-likeness (QED) is 0.466. The van der Waals surface area contributed by atoms with E-state index in [0.717, 1.165) is 17.7 Å². The summed E-state index contributed by atoms with van der Waals surface area (Å²) in [7, 11) is 0. The standard InChI is InChI=1S/C24H22N4OS/c29-23(22-7-4-14-28(22)15-17-10-12-25-13-11-17)27-24-26-21(16-30-24)20-9-8-19(20)18-5-2-1-3-6-18/h1-7,10-14,16,19-20H,8-9,15H2,(H,26,27,29)/t19-,20-/m0/s1. The Kier molecular flexibility index (Phi) is 5.15. The Hall–Kier alpha value is -3.25. The summed E-state index contributed by atoms with van der Waals surface area (Å²) in [4.78, 5) is 21.6. The molecule has 1 aliphatic rings. The third kappa shape index (κ3) is 3.78. The van der Waals surface area contributed by atoms with Crippen LogP contribution in [0.4, 0.5) is 5.13 Å². The lowest BCUT2D eigenvalue weighted by Gasteiger charge is -2.36. The molecule has 1 N–H and O–H groups in total. The molecule has 3 heterocycles. The first-order valence-electron chi connectivity index (χ1n) is 10.1. The Morgan fingerprint density at radius 2 is 1.83 bits per heavy atom. The molecule has 1 fully saturated rings. The maximum absolute atomic E-state index is 12.9. The van der Waals surface area contributed by atoms with Crippen LogP contribution in [0.3, 0.4) is 0 Å². The summed E-state index contributed by atoms with van der Waals surface area (Å²) in [6, 6.07) is 18.3.